The van der Waals surface area contributed by atoms with E-state index in [0.717, 1.165) is 31.2 Å². The van der Waals surface area contributed by atoms with Crippen LogP contribution >= 0.6 is 0 Å². The standard InChI is InChI=1S/C15H21NO2/c1-16-14(17)13-8-4-3-7-12(13)11-15(18)9-5-2-6-10-15/h3-4,7-8,18H,2,5-6,9-11H2,1H3,(H,16,17). The minimum absolute atomic E-state index is 0.0787. The molecule has 1 aliphatic rings. The van der Waals surface area contributed by atoms with Gasteiger partial charge in [-0.25, -0.2) is 0 Å². The van der Waals surface area contributed by atoms with Crippen molar-refractivity contribution in [2.75, 3.05) is 7.05 Å². The number of hydrogen-bond donors (Lipinski definition) is 2. The molecule has 0 atom stereocenters. The molecule has 3 nitrogen and oxygen atoms in total. The van der Waals surface area contributed by atoms with Gasteiger partial charge in [0.15, 0.2) is 0 Å². The van der Waals surface area contributed by atoms with Gasteiger partial charge in [0, 0.05) is 19.0 Å². The summed E-state index contributed by atoms with van der Waals surface area (Å²) in [5, 5.41) is 13.2. The lowest BCUT2D eigenvalue weighted by Crippen LogP contribution is -2.34. The van der Waals surface area contributed by atoms with Crippen molar-refractivity contribution in [3.8, 4) is 0 Å². The lowest BCUT2D eigenvalue weighted by Gasteiger charge is -2.32. The summed E-state index contributed by atoms with van der Waals surface area (Å²) >= 11 is 0. The first kappa shape index (κ1) is 13.1. The molecular weight excluding hydrogens is 226 g/mol. The molecule has 18 heavy (non-hydrogen) atoms. The van der Waals surface area contributed by atoms with Crippen LogP contribution in [0.1, 0.15) is 48.0 Å². The molecule has 1 amide bonds. The Morgan fingerprint density at radius 1 is 1.28 bits per heavy atom. The monoisotopic (exact) mass is 247 g/mol. The minimum Gasteiger partial charge on any atom is -0.390 e. The Morgan fingerprint density at radius 3 is 2.61 bits per heavy atom. The van der Waals surface area contributed by atoms with Gasteiger partial charge in [0.1, 0.15) is 0 Å². The third-order valence-electron chi connectivity index (χ3n) is 3.79. The van der Waals surface area contributed by atoms with E-state index in [1.807, 2.05) is 24.3 Å². The molecule has 0 spiro atoms. The zero-order chi connectivity index (χ0) is 13.0. The Kier molecular flexibility index (Phi) is 4.02. The second kappa shape index (κ2) is 5.53. The molecule has 1 fully saturated rings. The van der Waals surface area contributed by atoms with Crippen LogP contribution < -0.4 is 5.32 Å². The largest absolute Gasteiger partial charge is 0.390 e. The molecule has 1 aliphatic carbocycles. The van der Waals surface area contributed by atoms with Crippen LogP contribution in [0.4, 0.5) is 0 Å². The van der Waals surface area contributed by atoms with Crippen molar-refractivity contribution in [2.45, 2.75) is 44.1 Å². The first-order valence-corrected chi connectivity index (χ1v) is 6.67. The van der Waals surface area contributed by atoms with Gasteiger partial charge >= 0.3 is 0 Å². The summed E-state index contributed by atoms with van der Waals surface area (Å²) in [4.78, 5) is 11.8. The first-order valence-electron chi connectivity index (χ1n) is 6.67. The average molecular weight is 247 g/mol. The summed E-state index contributed by atoms with van der Waals surface area (Å²) in [5.41, 5.74) is 1.00. The van der Waals surface area contributed by atoms with E-state index in [1.165, 1.54) is 6.42 Å². The van der Waals surface area contributed by atoms with E-state index < -0.39 is 5.60 Å². The molecule has 2 rings (SSSR count). The summed E-state index contributed by atoms with van der Waals surface area (Å²) in [5.74, 6) is -0.0787. The molecular formula is C15H21NO2. The zero-order valence-electron chi connectivity index (χ0n) is 10.9. The van der Waals surface area contributed by atoms with Crippen LogP contribution in [-0.2, 0) is 6.42 Å². The van der Waals surface area contributed by atoms with E-state index >= 15 is 0 Å². The van der Waals surface area contributed by atoms with Gasteiger partial charge in [0.2, 0.25) is 0 Å². The van der Waals surface area contributed by atoms with E-state index in [4.69, 9.17) is 0 Å². The fraction of sp³-hybridized carbons (Fsp3) is 0.533. The fourth-order valence-corrected chi connectivity index (χ4v) is 2.77. The van der Waals surface area contributed by atoms with Crippen molar-refractivity contribution in [3.63, 3.8) is 0 Å². The van der Waals surface area contributed by atoms with Gasteiger partial charge in [0.25, 0.3) is 5.91 Å². The highest BCUT2D eigenvalue weighted by Crippen LogP contribution is 2.31. The number of aliphatic hydroxyl groups is 1. The molecule has 0 heterocycles. The minimum atomic E-state index is -0.623. The molecule has 1 aromatic rings. The molecule has 0 bridgehead atoms. The third kappa shape index (κ3) is 2.91. The average Bonchev–Trinajstić information content (AvgIpc) is 2.39. The zero-order valence-corrected chi connectivity index (χ0v) is 10.9. The van der Waals surface area contributed by atoms with E-state index in [2.05, 4.69) is 5.32 Å². The molecule has 98 valence electrons. The highest BCUT2D eigenvalue weighted by Gasteiger charge is 2.30. The molecule has 0 unspecified atom stereocenters. The smallest absolute Gasteiger partial charge is 0.251 e. The first-order chi connectivity index (χ1) is 8.64. The molecule has 0 aromatic heterocycles. The highest BCUT2D eigenvalue weighted by molar-refractivity contribution is 5.95. The fourth-order valence-electron chi connectivity index (χ4n) is 2.77. The van der Waals surface area contributed by atoms with Gasteiger partial charge in [-0.15, -0.1) is 0 Å². The maximum atomic E-state index is 11.8. The number of benzene rings is 1. The van der Waals surface area contributed by atoms with Crippen LogP contribution in [0.15, 0.2) is 24.3 Å². The number of carbonyl (C=O) groups is 1. The van der Waals surface area contributed by atoms with Crippen LogP contribution in [0, 0.1) is 0 Å². The summed E-state index contributed by atoms with van der Waals surface area (Å²) in [6, 6.07) is 7.55. The molecule has 0 aliphatic heterocycles. The molecule has 0 saturated heterocycles. The van der Waals surface area contributed by atoms with E-state index in [1.54, 1.807) is 7.05 Å². The van der Waals surface area contributed by atoms with Crippen molar-refractivity contribution in [1.82, 2.24) is 5.32 Å². The normalized spacial score (nSPS) is 18.3. The van der Waals surface area contributed by atoms with Crippen molar-refractivity contribution in [1.29, 1.82) is 0 Å². The van der Waals surface area contributed by atoms with E-state index in [-0.39, 0.29) is 5.91 Å². The van der Waals surface area contributed by atoms with Crippen molar-refractivity contribution in [3.05, 3.63) is 35.4 Å². The van der Waals surface area contributed by atoms with Gasteiger partial charge < -0.3 is 10.4 Å². The predicted octanol–water partition coefficient (Wildman–Crippen LogP) is 2.28. The van der Waals surface area contributed by atoms with Gasteiger partial charge in [-0.2, -0.15) is 0 Å². The van der Waals surface area contributed by atoms with Crippen LogP contribution in [-0.4, -0.2) is 23.7 Å². The van der Waals surface area contributed by atoms with Crippen molar-refractivity contribution in [2.24, 2.45) is 0 Å². The van der Waals surface area contributed by atoms with Gasteiger partial charge in [-0.1, -0.05) is 37.5 Å². The number of amides is 1. The van der Waals surface area contributed by atoms with Gasteiger partial charge in [-0.3, -0.25) is 4.79 Å². The highest BCUT2D eigenvalue weighted by atomic mass is 16.3. The van der Waals surface area contributed by atoms with Crippen LogP contribution in [0.5, 0.6) is 0 Å². The maximum Gasteiger partial charge on any atom is 0.251 e. The Bertz CT molecular complexity index is 422. The maximum absolute atomic E-state index is 11.8. The summed E-state index contributed by atoms with van der Waals surface area (Å²) in [6.45, 7) is 0. The topological polar surface area (TPSA) is 49.3 Å². The number of hydrogen-bond acceptors (Lipinski definition) is 2. The molecule has 2 N–H and O–H groups in total. The second-order valence-corrected chi connectivity index (χ2v) is 5.20. The summed E-state index contributed by atoms with van der Waals surface area (Å²) in [6.07, 6.45) is 5.64. The van der Waals surface area contributed by atoms with Crippen molar-refractivity contribution >= 4 is 5.91 Å². The lowest BCUT2D eigenvalue weighted by atomic mass is 9.79. The van der Waals surface area contributed by atoms with E-state index in [0.29, 0.717) is 12.0 Å². The van der Waals surface area contributed by atoms with Gasteiger partial charge in [-0.05, 0) is 24.5 Å². The SMILES string of the molecule is CNC(=O)c1ccccc1CC1(O)CCCCC1. The third-order valence-corrected chi connectivity index (χ3v) is 3.79. The molecule has 0 radical (unpaired) electrons. The number of carbonyl (C=O) groups excluding carboxylic acids is 1. The van der Waals surface area contributed by atoms with E-state index in [9.17, 15) is 9.90 Å². The number of nitrogens with one attached hydrogen (secondary N) is 1. The molecule has 1 saturated carbocycles. The molecule has 1 aromatic carbocycles. The van der Waals surface area contributed by atoms with Gasteiger partial charge in [0.05, 0.1) is 5.60 Å². The van der Waals surface area contributed by atoms with Crippen LogP contribution in [0.3, 0.4) is 0 Å². The summed E-state index contributed by atoms with van der Waals surface area (Å²) < 4.78 is 0. The second-order valence-electron chi connectivity index (χ2n) is 5.20. The summed E-state index contributed by atoms with van der Waals surface area (Å²) in [7, 11) is 1.63. The Morgan fingerprint density at radius 2 is 1.94 bits per heavy atom. The van der Waals surface area contributed by atoms with Crippen LogP contribution in [0.2, 0.25) is 0 Å². The molecule has 3 heteroatoms. The number of rotatable bonds is 3. The lowest BCUT2D eigenvalue weighted by molar-refractivity contribution is 0.00438. The Hall–Kier alpha value is -1.35. The quantitative estimate of drug-likeness (QED) is 0.861. The Labute approximate surface area is 108 Å². The Balaban J connectivity index is 2.20. The van der Waals surface area contributed by atoms with Crippen molar-refractivity contribution < 1.29 is 9.90 Å². The predicted molar refractivity (Wildman–Crippen MR) is 71.6 cm³/mol. The van der Waals surface area contributed by atoms with Crippen LogP contribution in [0.25, 0.3) is 0 Å².